The average molecular weight is 1120 g/mol. The second-order valence-corrected chi connectivity index (χ2v) is 29.4. The number of aliphatic hydroxyl groups excluding tert-OH is 1. The van der Waals surface area contributed by atoms with E-state index in [2.05, 4.69) is 21.3 Å². The van der Waals surface area contributed by atoms with E-state index in [0.29, 0.717) is 0 Å². The standard InChI is InChI=1S/C64H82N4O9S2/c1-42(2)57(67-59(70)50(40-78(74,75)63(5,6)7)37-48-31-21-29-46-27-17-19-33-53(46)48)61(72)65-52(35-44-23-13-11-14-24-44)39-56(69)55(36-45-25-15-12-16-26-45)66-62(73)58(43(3)4)68-60(71)51(41-79(76,77)64(8,9)10)38-49-32-22-30-47-28-18-20-34-54(47)49/h11-34,42-43,50-52,55-58,69H,35-41H2,1-10H3,(H,65,72)(H,66,73)(H,67,70)(H,68,71)/t50-,51-,52-,55-,56-,57-,58-/m0/s1. The summed E-state index contributed by atoms with van der Waals surface area (Å²) in [5, 5.41) is 28.2. The van der Waals surface area contributed by atoms with Crippen molar-refractivity contribution >= 4 is 64.8 Å². The molecule has 15 heteroatoms. The molecule has 6 aromatic rings. The predicted octanol–water partition coefficient (Wildman–Crippen LogP) is 8.92. The van der Waals surface area contributed by atoms with Crippen LogP contribution in [-0.4, -0.2) is 96.8 Å². The van der Waals surface area contributed by atoms with Gasteiger partial charge in [0.1, 0.15) is 12.1 Å². The fourth-order valence-corrected chi connectivity index (χ4v) is 12.4. The molecular formula is C64H82N4O9S2. The minimum atomic E-state index is -3.82. The Kier molecular flexibility index (Phi) is 20.9. The summed E-state index contributed by atoms with van der Waals surface area (Å²) >= 11 is 0. The van der Waals surface area contributed by atoms with Gasteiger partial charge in [0.25, 0.3) is 0 Å². The van der Waals surface area contributed by atoms with E-state index in [9.17, 15) is 41.1 Å². The molecule has 0 aliphatic carbocycles. The van der Waals surface area contributed by atoms with Crippen LogP contribution in [0.3, 0.4) is 0 Å². The number of amides is 4. The van der Waals surface area contributed by atoms with E-state index < -0.39 is 118 Å². The van der Waals surface area contributed by atoms with Gasteiger partial charge in [0, 0.05) is 6.04 Å². The maximum Gasteiger partial charge on any atom is 0.243 e. The van der Waals surface area contributed by atoms with Crippen molar-refractivity contribution in [2.24, 2.45) is 23.7 Å². The first-order valence-electron chi connectivity index (χ1n) is 27.5. The highest BCUT2D eigenvalue weighted by Gasteiger charge is 2.39. The topological polar surface area (TPSA) is 205 Å². The van der Waals surface area contributed by atoms with Gasteiger partial charge in [-0.3, -0.25) is 19.2 Å². The Morgan fingerprint density at radius 1 is 0.443 bits per heavy atom. The van der Waals surface area contributed by atoms with Gasteiger partial charge in [-0.05, 0) is 129 Å². The molecule has 0 aliphatic heterocycles. The first kappa shape index (κ1) is 61.8. The number of hydrogen-bond donors (Lipinski definition) is 5. The Morgan fingerprint density at radius 3 is 1.22 bits per heavy atom. The molecule has 0 heterocycles. The summed E-state index contributed by atoms with van der Waals surface area (Å²) in [5.74, 6) is -6.19. The highest BCUT2D eigenvalue weighted by molar-refractivity contribution is 7.93. The third-order valence-corrected chi connectivity index (χ3v) is 20.3. The van der Waals surface area contributed by atoms with Crippen molar-refractivity contribution in [1.29, 1.82) is 0 Å². The fraction of sp³-hybridized carbons (Fsp3) is 0.438. The molecule has 7 atom stereocenters. The minimum Gasteiger partial charge on any atom is -0.391 e. The number of rotatable bonds is 25. The summed E-state index contributed by atoms with van der Waals surface area (Å²) in [7, 11) is -7.63. The molecule has 79 heavy (non-hydrogen) atoms. The molecule has 0 aromatic heterocycles. The van der Waals surface area contributed by atoms with E-state index in [1.54, 1.807) is 69.2 Å². The van der Waals surface area contributed by atoms with E-state index in [4.69, 9.17) is 0 Å². The number of sulfone groups is 2. The van der Waals surface area contributed by atoms with Gasteiger partial charge in [-0.1, -0.05) is 173 Å². The zero-order valence-electron chi connectivity index (χ0n) is 47.5. The largest absolute Gasteiger partial charge is 0.391 e. The van der Waals surface area contributed by atoms with Crippen LogP contribution in [0.25, 0.3) is 21.5 Å². The molecule has 424 valence electrons. The number of nitrogens with one attached hydrogen (secondary N) is 4. The Hall–Kier alpha value is -6.42. The van der Waals surface area contributed by atoms with Crippen molar-refractivity contribution in [2.75, 3.05) is 11.5 Å². The number of carbonyl (C=O) groups excluding carboxylic acids is 4. The van der Waals surface area contributed by atoms with Crippen LogP contribution in [-0.2, 0) is 64.5 Å². The van der Waals surface area contributed by atoms with E-state index >= 15 is 0 Å². The van der Waals surface area contributed by atoms with Crippen molar-refractivity contribution in [1.82, 2.24) is 21.3 Å². The quantitative estimate of drug-likeness (QED) is 0.0371. The summed E-state index contributed by atoms with van der Waals surface area (Å²) < 4.78 is 52.9. The van der Waals surface area contributed by atoms with Crippen molar-refractivity contribution in [2.45, 2.75) is 141 Å². The molecule has 0 unspecified atom stereocenters. The van der Waals surface area contributed by atoms with Crippen molar-refractivity contribution in [3.05, 3.63) is 168 Å². The summed E-state index contributed by atoms with van der Waals surface area (Å²) in [6.45, 7) is 16.8. The van der Waals surface area contributed by atoms with E-state index in [1.807, 2.05) is 146 Å². The Bertz CT molecular complexity index is 3250. The SMILES string of the molecule is CC(C)[C@H](NC(=O)[C@@H](Cc1cccc2ccccc12)CS(=O)(=O)C(C)(C)C)C(=O)N[C@@H](Cc1ccccc1)C[C@H](O)[C@H](Cc1ccccc1)NC(=O)[C@@H](NC(=O)[C@@H](Cc1cccc2ccccc12)CS(=O)(=O)C(C)(C)C)C(C)C. The van der Waals surface area contributed by atoms with Gasteiger partial charge in [0.15, 0.2) is 19.7 Å². The molecule has 0 fully saturated rings. The average Bonchev–Trinajstić information content (AvgIpc) is 3.39. The number of aliphatic hydroxyl groups is 1. The Labute approximate surface area is 469 Å². The molecule has 5 N–H and O–H groups in total. The fourth-order valence-electron chi connectivity index (χ4n) is 9.83. The van der Waals surface area contributed by atoms with Crippen LogP contribution in [0.15, 0.2) is 146 Å². The van der Waals surface area contributed by atoms with Gasteiger partial charge in [-0.25, -0.2) is 16.8 Å². The summed E-state index contributed by atoms with van der Waals surface area (Å²) in [5.41, 5.74) is 3.25. The Balaban J connectivity index is 1.26. The molecule has 6 aromatic carbocycles. The normalized spacial score (nSPS) is 15.2. The highest BCUT2D eigenvalue weighted by Crippen LogP contribution is 2.28. The molecule has 0 aliphatic rings. The predicted molar refractivity (Wildman–Crippen MR) is 318 cm³/mol. The van der Waals surface area contributed by atoms with Crippen LogP contribution >= 0.6 is 0 Å². The van der Waals surface area contributed by atoms with Crippen LogP contribution in [0, 0.1) is 23.7 Å². The Morgan fingerprint density at radius 2 is 0.810 bits per heavy atom. The lowest BCUT2D eigenvalue weighted by Gasteiger charge is -2.32. The molecule has 4 amide bonds. The van der Waals surface area contributed by atoms with Crippen LogP contribution in [0.4, 0.5) is 0 Å². The summed E-state index contributed by atoms with van der Waals surface area (Å²) in [6, 6.07) is 41.6. The lowest BCUT2D eigenvalue weighted by molar-refractivity contribution is -0.132. The maximum absolute atomic E-state index is 14.7. The number of fused-ring (bicyclic) bond motifs is 2. The second kappa shape index (κ2) is 26.7. The smallest absolute Gasteiger partial charge is 0.243 e. The summed E-state index contributed by atoms with van der Waals surface area (Å²) in [4.78, 5) is 58.6. The van der Waals surface area contributed by atoms with Gasteiger partial charge >= 0.3 is 0 Å². The van der Waals surface area contributed by atoms with Gasteiger partial charge in [-0.15, -0.1) is 0 Å². The molecular weight excluding hydrogens is 1030 g/mol. The highest BCUT2D eigenvalue weighted by atomic mass is 32.2. The van der Waals surface area contributed by atoms with Crippen LogP contribution in [0.2, 0.25) is 0 Å². The van der Waals surface area contributed by atoms with Crippen molar-refractivity contribution in [3.63, 3.8) is 0 Å². The van der Waals surface area contributed by atoms with Gasteiger partial charge in [0.05, 0.1) is 45.0 Å². The minimum absolute atomic E-state index is 0.0544. The molecule has 0 spiro atoms. The molecule has 13 nitrogen and oxygen atoms in total. The lowest BCUT2D eigenvalue weighted by atomic mass is 9.92. The van der Waals surface area contributed by atoms with Crippen LogP contribution in [0.5, 0.6) is 0 Å². The third kappa shape index (κ3) is 16.8. The van der Waals surface area contributed by atoms with Crippen LogP contribution < -0.4 is 21.3 Å². The summed E-state index contributed by atoms with van der Waals surface area (Å²) in [6.07, 6.45) is -0.684. The first-order chi connectivity index (χ1) is 37.1. The molecule has 6 rings (SSSR count). The molecule has 0 saturated carbocycles. The number of benzene rings is 6. The van der Waals surface area contributed by atoms with E-state index in [1.165, 1.54) is 0 Å². The zero-order chi connectivity index (χ0) is 57.9. The third-order valence-electron chi connectivity index (χ3n) is 14.9. The molecule has 0 saturated heterocycles. The van der Waals surface area contributed by atoms with Crippen LogP contribution in [0.1, 0.15) is 97.9 Å². The van der Waals surface area contributed by atoms with Gasteiger partial charge in [0.2, 0.25) is 23.6 Å². The van der Waals surface area contributed by atoms with Crippen molar-refractivity contribution < 1.29 is 41.1 Å². The zero-order valence-corrected chi connectivity index (χ0v) is 49.2. The molecule has 0 radical (unpaired) electrons. The van der Waals surface area contributed by atoms with Crippen molar-refractivity contribution in [3.8, 4) is 0 Å². The number of carbonyl (C=O) groups is 4. The van der Waals surface area contributed by atoms with Gasteiger partial charge < -0.3 is 26.4 Å². The molecule has 0 bridgehead atoms. The first-order valence-corrected chi connectivity index (χ1v) is 30.8. The maximum atomic E-state index is 14.7. The van der Waals surface area contributed by atoms with Gasteiger partial charge in [-0.2, -0.15) is 0 Å². The second-order valence-electron chi connectivity index (χ2n) is 23.8. The van der Waals surface area contributed by atoms with E-state index in [0.717, 1.165) is 43.8 Å². The lowest BCUT2D eigenvalue weighted by Crippen LogP contribution is -2.57. The number of hydrogen-bond acceptors (Lipinski definition) is 9. The van der Waals surface area contributed by atoms with E-state index in [-0.39, 0.29) is 32.1 Å². The monoisotopic (exact) mass is 1110 g/mol.